The van der Waals surface area contributed by atoms with Crippen molar-refractivity contribution in [3.05, 3.63) is 39.9 Å². The van der Waals surface area contributed by atoms with Crippen LogP contribution >= 0.6 is 15.9 Å². The molecule has 0 radical (unpaired) electrons. The molecule has 4 saturated carbocycles. The number of aliphatic hydroxyl groups is 1. The summed E-state index contributed by atoms with van der Waals surface area (Å²) in [7, 11) is 0. The lowest BCUT2D eigenvalue weighted by atomic mass is 9.45. The van der Waals surface area contributed by atoms with Crippen molar-refractivity contribution in [2.45, 2.75) is 77.7 Å². The van der Waals surface area contributed by atoms with Gasteiger partial charge in [-0.05, 0) is 97.3 Å². The highest BCUT2D eigenvalue weighted by molar-refractivity contribution is 9.10. The average Bonchev–Trinajstić information content (AvgIpc) is 2.92. The first-order valence-electron chi connectivity index (χ1n) is 11.6. The minimum absolute atomic E-state index is 0.0802. The standard InChI is InChI=1S/C26H35BrO/c1-25-12-4-3-7-19(25)9-10-21-22(25)11-13-26(2)23(21)16-18(24(26)28)14-17-6-5-8-20(27)15-17/h5-6,8,14-15,19,21-24,28H,3-4,7,9-13,16H2,1-2H3/b18-14+/t19-,21+,22-,23+,24+,25+,26+/m1/s1. The van der Waals surface area contributed by atoms with Crippen molar-refractivity contribution in [2.75, 3.05) is 0 Å². The van der Waals surface area contributed by atoms with Crippen molar-refractivity contribution in [1.29, 1.82) is 0 Å². The number of rotatable bonds is 1. The SMILES string of the molecule is C[C@]12CCCC[C@@H]1CC[C@H]1[C@H]2CC[C@]2(C)[C@@H](O)/C(=C/c3cccc(Br)c3)C[C@@H]12. The second-order valence-corrected chi connectivity index (χ2v) is 11.7. The lowest BCUT2D eigenvalue weighted by Crippen LogP contribution is -2.53. The fourth-order valence-corrected chi connectivity index (χ4v) is 8.52. The van der Waals surface area contributed by atoms with Crippen LogP contribution < -0.4 is 0 Å². The molecule has 0 bridgehead atoms. The van der Waals surface area contributed by atoms with Crippen LogP contribution in [0.2, 0.25) is 0 Å². The van der Waals surface area contributed by atoms with Crippen LogP contribution in [0.15, 0.2) is 34.3 Å². The van der Waals surface area contributed by atoms with E-state index in [1.165, 1.54) is 62.5 Å². The second-order valence-electron chi connectivity index (χ2n) is 10.8. The number of fused-ring (bicyclic) bond motifs is 5. The molecule has 0 spiro atoms. The smallest absolute Gasteiger partial charge is 0.0809 e. The molecule has 4 aliphatic rings. The molecule has 0 aliphatic heterocycles. The van der Waals surface area contributed by atoms with E-state index in [2.05, 4.69) is 60.1 Å². The van der Waals surface area contributed by atoms with E-state index in [-0.39, 0.29) is 11.5 Å². The fraction of sp³-hybridized carbons (Fsp3) is 0.692. The normalized spacial score (nSPS) is 46.7. The maximum Gasteiger partial charge on any atom is 0.0809 e. The first kappa shape index (κ1) is 19.4. The molecule has 0 heterocycles. The molecule has 0 saturated heterocycles. The lowest BCUT2D eigenvalue weighted by Gasteiger charge is -2.60. The summed E-state index contributed by atoms with van der Waals surface area (Å²) in [6, 6.07) is 8.49. The fourth-order valence-electron chi connectivity index (χ4n) is 8.10. The minimum Gasteiger partial charge on any atom is -0.388 e. The van der Waals surface area contributed by atoms with Gasteiger partial charge in [-0.15, -0.1) is 0 Å². The molecular formula is C26H35BrO. The third kappa shape index (κ3) is 2.88. The van der Waals surface area contributed by atoms with Crippen molar-refractivity contribution in [3.8, 4) is 0 Å². The van der Waals surface area contributed by atoms with E-state index in [0.29, 0.717) is 11.3 Å². The van der Waals surface area contributed by atoms with Crippen LogP contribution in [0.25, 0.3) is 6.08 Å². The predicted molar refractivity (Wildman–Crippen MR) is 120 cm³/mol. The van der Waals surface area contributed by atoms with Crippen LogP contribution in [0, 0.1) is 34.5 Å². The maximum absolute atomic E-state index is 11.4. The van der Waals surface area contributed by atoms with E-state index in [9.17, 15) is 5.11 Å². The summed E-state index contributed by atoms with van der Waals surface area (Å²) in [6.07, 6.45) is 14.3. The van der Waals surface area contributed by atoms with E-state index in [0.717, 1.165) is 28.6 Å². The highest BCUT2D eigenvalue weighted by Gasteiger charge is 2.60. The van der Waals surface area contributed by atoms with Gasteiger partial charge in [0.15, 0.2) is 0 Å². The van der Waals surface area contributed by atoms with Crippen molar-refractivity contribution in [3.63, 3.8) is 0 Å². The third-order valence-corrected chi connectivity index (χ3v) is 10.1. The van der Waals surface area contributed by atoms with Crippen LogP contribution in [0.4, 0.5) is 0 Å². The Morgan fingerprint density at radius 1 is 1.00 bits per heavy atom. The number of aliphatic hydroxyl groups excluding tert-OH is 1. The monoisotopic (exact) mass is 442 g/mol. The molecule has 4 fully saturated rings. The van der Waals surface area contributed by atoms with Gasteiger partial charge < -0.3 is 5.11 Å². The van der Waals surface area contributed by atoms with Gasteiger partial charge in [0.2, 0.25) is 0 Å². The minimum atomic E-state index is -0.269. The highest BCUT2D eigenvalue weighted by Crippen LogP contribution is 2.67. The zero-order valence-corrected chi connectivity index (χ0v) is 19.0. The topological polar surface area (TPSA) is 20.2 Å². The van der Waals surface area contributed by atoms with E-state index in [1.54, 1.807) is 0 Å². The zero-order valence-electron chi connectivity index (χ0n) is 17.5. The van der Waals surface area contributed by atoms with Crippen molar-refractivity contribution in [1.82, 2.24) is 0 Å². The number of hydrogen-bond acceptors (Lipinski definition) is 1. The van der Waals surface area contributed by atoms with Gasteiger partial charge in [-0.2, -0.15) is 0 Å². The Kier molecular flexibility index (Phi) is 4.83. The van der Waals surface area contributed by atoms with E-state index in [1.807, 2.05) is 0 Å². The van der Waals surface area contributed by atoms with Gasteiger partial charge in [-0.3, -0.25) is 0 Å². The Morgan fingerprint density at radius 3 is 2.68 bits per heavy atom. The van der Waals surface area contributed by atoms with Gasteiger partial charge in [0.1, 0.15) is 0 Å². The van der Waals surface area contributed by atoms with Crippen LogP contribution in [-0.2, 0) is 0 Å². The second kappa shape index (κ2) is 6.98. The zero-order chi connectivity index (χ0) is 19.5. The summed E-state index contributed by atoms with van der Waals surface area (Å²) in [4.78, 5) is 0. The van der Waals surface area contributed by atoms with Gasteiger partial charge in [0.05, 0.1) is 6.10 Å². The van der Waals surface area contributed by atoms with Crippen LogP contribution in [-0.4, -0.2) is 11.2 Å². The molecule has 0 aromatic heterocycles. The van der Waals surface area contributed by atoms with E-state index < -0.39 is 0 Å². The van der Waals surface area contributed by atoms with Crippen LogP contribution in [0.3, 0.4) is 0 Å². The quantitative estimate of drug-likeness (QED) is 0.485. The molecule has 1 aromatic carbocycles. The number of hydrogen-bond donors (Lipinski definition) is 1. The Hall–Kier alpha value is -0.600. The molecule has 28 heavy (non-hydrogen) atoms. The predicted octanol–water partition coefficient (Wildman–Crippen LogP) is 7.24. The van der Waals surface area contributed by atoms with Gasteiger partial charge in [-0.25, -0.2) is 0 Å². The summed E-state index contributed by atoms with van der Waals surface area (Å²) in [5, 5.41) is 11.4. The summed E-state index contributed by atoms with van der Waals surface area (Å²) in [5.41, 5.74) is 3.15. The molecule has 152 valence electrons. The molecule has 0 amide bonds. The van der Waals surface area contributed by atoms with Gasteiger partial charge in [-0.1, -0.05) is 60.8 Å². The van der Waals surface area contributed by atoms with Crippen molar-refractivity contribution < 1.29 is 5.11 Å². The summed E-state index contributed by atoms with van der Waals surface area (Å²) >= 11 is 3.59. The number of halogens is 1. The number of benzene rings is 1. The molecule has 5 rings (SSSR count). The van der Waals surface area contributed by atoms with E-state index in [4.69, 9.17) is 0 Å². The van der Waals surface area contributed by atoms with Crippen LogP contribution in [0.5, 0.6) is 0 Å². The van der Waals surface area contributed by atoms with Crippen molar-refractivity contribution in [2.24, 2.45) is 34.5 Å². The molecule has 1 N–H and O–H groups in total. The summed E-state index contributed by atoms with van der Waals surface area (Å²) in [5.74, 6) is 3.34. The maximum atomic E-state index is 11.4. The Labute approximate surface area is 179 Å². The van der Waals surface area contributed by atoms with Crippen LogP contribution in [0.1, 0.15) is 77.2 Å². The van der Waals surface area contributed by atoms with Crippen molar-refractivity contribution >= 4 is 22.0 Å². The summed E-state index contributed by atoms with van der Waals surface area (Å²) in [6.45, 7) is 5.04. The lowest BCUT2D eigenvalue weighted by molar-refractivity contribution is -0.119. The Balaban J connectivity index is 1.46. The highest BCUT2D eigenvalue weighted by atomic mass is 79.9. The van der Waals surface area contributed by atoms with E-state index >= 15 is 0 Å². The first-order valence-corrected chi connectivity index (χ1v) is 12.4. The third-order valence-electron chi connectivity index (χ3n) is 9.65. The van der Waals surface area contributed by atoms with Gasteiger partial charge in [0.25, 0.3) is 0 Å². The molecule has 1 aromatic rings. The van der Waals surface area contributed by atoms with Gasteiger partial charge >= 0.3 is 0 Å². The molecule has 7 atom stereocenters. The molecule has 4 aliphatic carbocycles. The largest absolute Gasteiger partial charge is 0.388 e. The van der Waals surface area contributed by atoms with Gasteiger partial charge in [0, 0.05) is 9.89 Å². The Morgan fingerprint density at radius 2 is 1.86 bits per heavy atom. The average molecular weight is 443 g/mol. The molecule has 0 unspecified atom stereocenters. The Bertz CT molecular complexity index is 784. The first-order chi connectivity index (χ1) is 13.4. The molecule has 2 heteroatoms. The molecule has 1 nitrogen and oxygen atoms in total. The molecular weight excluding hydrogens is 408 g/mol. The summed E-state index contributed by atoms with van der Waals surface area (Å²) < 4.78 is 1.11.